The van der Waals surface area contributed by atoms with Crippen LogP contribution in [-0.2, 0) is 5.41 Å². The molecule has 27 heavy (non-hydrogen) atoms. The van der Waals surface area contributed by atoms with E-state index >= 15 is 0 Å². The second kappa shape index (κ2) is 7.96. The minimum absolute atomic E-state index is 0.0163. The summed E-state index contributed by atoms with van der Waals surface area (Å²) in [6.07, 6.45) is 16.5. The SMILES string of the molecule is CCNC1=CC=CCC=C1/C=C(C)/C=C/C1=[N+](C)c2ccccc2C1(C)C. The molecule has 0 unspecified atom stereocenters. The second-order valence-electron chi connectivity index (χ2n) is 7.74. The van der Waals surface area contributed by atoms with Gasteiger partial charge in [0.05, 0.1) is 5.41 Å². The zero-order valence-electron chi connectivity index (χ0n) is 17.2. The Labute approximate surface area is 164 Å². The van der Waals surface area contributed by atoms with Crippen molar-refractivity contribution >= 4 is 11.4 Å². The zero-order valence-corrected chi connectivity index (χ0v) is 17.2. The first-order chi connectivity index (χ1) is 12.9. The van der Waals surface area contributed by atoms with E-state index in [2.05, 4.69) is 111 Å². The predicted molar refractivity (Wildman–Crippen MR) is 117 cm³/mol. The number of hydrogen-bond acceptors (Lipinski definition) is 1. The van der Waals surface area contributed by atoms with Gasteiger partial charge in [-0.25, -0.2) is 0 Å². The summed E-state index contributed by atoms with van der Waals surface area (Å²) in [6.45, 7) is 9.85. The molecule has 3 rings (SSSR count). The van der Waals surface area contributed by atoms with Crippen LogP contribution in [0.3, 0.4) is 0 Å². The topological polar surface area (TPSA) is 15.0 Å². The van der Waals surface area contributed by atoms with Crippen molar-refractivity contribution in [3.63, 3.8) is 0 Å². The standard InChI is InChI=1S/C25H31N2/c1-6-26-22-14-9-7-8-12-20(22)18-19(2)16-17-24-25(3,4)21-13-10-11-15-23(21)27(24)5/h7,9-18,26H,6,8H2,1-5H3/q+1/b17-16+,19-18+. The monoisotopic (exact) mass is 359 g/mol. The van der Waals surface area contributed by atoms with Crippen LogP contribution in [0.2, 0.25) is 0 Å². The van der Waals surface area contributed by atoms with Crippen molar-refractivity contribution in [2.24, 2.45) is 0 Å². The molecule has 1 aliphatic heterocycles. The molecule has 1 N–H and O–H groups in total. The van der Waals surface area contributed by atoms with Crippen LogP contribution in [0, 0.1) is 0 Å². The van der Waals surface area contributed by atoms with Crippen LogP contribution >= 0.6 is 0 Å². The van der Waals surface area contributed by atoms with Gasteiger partial charge in [0, 0.05) is 29.9 Å². The van der Waals surface area contributed by atoms with E-state index < -0.39 is 0 Å². The van der Waals surface area contributed by atoms with Crippen molar-refractivity contribution < 1.29 is 4.58 Å². The Bertz CT molecular complexity index is 902. The number of likely N-dealkylation sites (N-methyl/N-ethyl adjacent to an activating group) is 1. The highest BCUT2D eigenvalue weighted by Gasteiger charge is 2.42. The smallest absolute Gasteiger partial charge is 0.209 e. The molecule has 2 nitrogen and oxygen atoms in total. The number of para-hydroxylation sites is 1. The normalized spacial score (nSPS) is 19.1. The van der Waals surface area contributed by atoms with Gasteiger partial charge in [-0.1, -0.05) is 54.2 Å². The summed E-state index contributed by atoms with van der Waals surface area (Å²) in [5.74, 6) is 0. The number of hydrogen-bond donors (Lipinski definition) is 1. The van der Waals surface area contributed by atoms with E-state index in [9.17, 15) is 0 Å². The van der Waals surface area contributed by atoms with Crippen LogP contribution in [0.15, 0.2) is 83.6 Å². The number of benzene rings is 1. The van der Waals surface area contributed by atoms with Crippen LogP contribution in [0.1, 0.15) is 39.7 Å². The number of rotatable bonds is 5. The van der Waals surface area contributed by atoms with E-state index in [4.69, 9.17) is 0 Å². The molecule has 0 saturated heterocycles. The Morgan fingerprint density at radius 1 is 1.26 bits per heavy atom. The third kappa shape index (κ3) is 3.90. The van der Waals surface area contributed by atoms with E-state index in [1.807, 2.05) is 0 Å². The first kappa shape index (κ1) is 19.2. The van der Waals surface area contributed by atoms with Gasteiger partial charge in [-0.15, -0.1) is 0 Å². The van der Waals surface area contributed by atoms with Crippen LogP contribution in [0.25, 0.3) is 0 Å². The van der Waals surface area contributed by atoms with Gasteiger partial charge in [-0.2, -0.15) is 4.58 Å². The summed E-state index contributed by atoms with van der Waals surface area (Å²) < 4.78 is 2.32. The van der Waals surface area contributed by atoms with Crippen molar-refractivity contribution in [2.75, 3.05) is 13.6 Å². The van der Waals surface area contributed by atoms with Gasteiger partial charge in [-0.05, 0) is 45.8 Å². The van der Waals surface area contributed by atoms with Gasteiger partial charge in [-0.3, -0.25) is 0 Å². The molecule has 1 aromatic carbocycles. The van der Waals surface area contributed by atoms with Crippen molar-refractivity contribution in [3.05, 3.63) is 89.2 Å². The average molecular weight is 360 g/mol. The van der Waals surface area contributed by atoms with Crippen LogP contribution in [0.5, 0.6) is 0 Å². The first-order valence-corrected chi connectivity index (χ1v) is 9.83. The van der Waals surface area contributed by atoms with Gasteiger partial charge in [0.1, 0.15) is 7.05 Å². The maximum atomic E-state index is 3.47. The lowest BCUT2D eigenvalue weighted by molar-refractivity contribution is -0.401. The van der Waals surface area contributed by atoms with E-state index in [0.717, 1.165) is 13.0 Å². The molecule has 0 fully saturated rings. The van der Waals surface area contributed by atoms with Crippen molar-refractivity contribution in [3.8, 4) is 0 Å². The number of nitrogens with one attached hydrogen (secondary N) is 1. The molecule has 2 heteroatoms. The highest BCUT2D eigenvalue weighted by molar-refractivity contribution is 6.03. The molecule has 0 spiro atoms. The fourth-order valence-corrected chi connectivity index (χ4v) is 3.94. The summed E-state index contributed by atoms with van der Waals surface area (Å²) >= 11 is 0. The molecule has 0 aromatic heterocycles. The van der Waals surface area contributed by atoms with Crippen molar-refractivity contribution in [2.45, 2.75) is 39.5 Å². The Morgan fingerprint density at radius 3 is 2.78 bits per heavy atom. The highest BCUT2D eigenvalue weighted by atomic mass is 15.0. The maximum Gasteiger partial charge on any atom is 0.209 e. The fourth-order valence-electron chi connectivity index (χ4n) is 3.94. The van der Waals surface area contributed by atoms with E-state index in [-0.39, 0.29) is 5.41 Å². The summed E-state index contributed by atoms with van der Waals surface area (Å²) in [5.41, 5.74) is 7.74. The van der Waals surface area contributed by atoms with Gasteiger partial charge >= 0.3 is 0 Å². The van der Waals surface area contributed by atoms with E-state index in [1.54, 1.807) is 0 Å². The van der Waals surface area contributed by atoms with E-state index in [0.29, 0.717) is 0 Å². The lowest BCUT2D eigenvalue weighted by atomic mass is 9.81. The van der Waals surface area contributed by atoms with Gasteiger partial charge in [0.15, 0.2) is 5.71 Å². The van der Waals surface area contributed by atoms with Crippen LogP contribution < -0.4 is 5.32 Å². The zero-order chi connectivity index (χ0) is 19.4. The summed E-state index contributed by atoms with van der Waals surface area (Å²) in [6, 6.07) is 8.70. The molecular weight excluding hydrogens is 328 g/mol. The lowest BCUT2D eigenvalue weighted by Gasteiger charge is -2.15. The molecule has 0 saturated carbocycles. The van der Waals surface area contributed by atoms with Crippen molar-refractivity contribution in [1.82, 2.24) is 5.32 Å². The molecule has 1 aliphatic carbocycles. The number of allylic oxidation sites excluding steroid dienone is 8. The van der Waals surface area contributed by atoms with Crippen molar-refractivity contribution in [1.29, 1.82) is 0 Å². The van der Waals surface area contributed by atoms with Gasteiger partial charge in [0.25, 0.3) is 0 Å². The Morgan fingerprint density at radius 2 is 2.04 bits per heavy atom. The molecule has 0 amide bonds. The second-order valence-corrected chi connectivity index (χ2v) is 7.74. The van der Waals surface area contributed by atoms with E-state index in [1.165, 1.54) is 33.8 Å². The molecule has 1 aromatic rings. The number of fused-ring (bicyclic) bond motifs is 1. The minimum Gasteiger partial charge on any atom is -0.385 e. The minimum atomic E-state index is 0.0163. The Balaban J connectivity index is 1.87. The Hall–Kier alpha value is -2.61. The van der Waals surface area contributed by atoms with Crippen LogP contribution in [0.4, 0.5) is 5.69 Å². The molecule has 1 heterocycles. The van der Waals surface area contributed by atoms with Crippen LogP contribution in [-0.4, -0.2) is 23.9 Å². The number of nitrogens with zero attached hydrogens (tertiary/aromatic N) is 1. The van der Waals surface area contributed by atoms with Gasteiger partial charge < -0.3 is 5.32 Å². The molecular formula is C25H31N2+. The largest absolute Gasteiger partial charge is 0.385 e. The fraction of sp³-hybridized carbons (Fsp3) is 0.320. The first-order valence-electron chi connectivity index (χ1n) is 9.83. The molecule has 2 aliphatic rings. The highest BCUT2D eigenvalue weighted by Crippen LogP contribution is 2.39. The average Bonchev–Trinajstić information content (AvgIpc) is 2.78. The summed E-state index contributed by atoms with van der Waals surface area (Å²) in [4.78, 5) is 0. The van der Waals surface area contributed by atoms with Gasteiger partial charge in [0.2, 0.25) is 5.69 Å². The summed E-state index contributed by atoms with van der Waals surface area (Å²) in [7, 11) is 2.16. The third-order valence-electron chi connectivity index (χ3n) is 5.38. The molecule has 0 bridgehead atoms. The third-order valence-corrected chi connectivity index (χ3v) is 5.38. The lowest BCUT2D eigenvalue weighted by Crippen LogP contribution is -2.26. The summed E-state index contributed by atoms with van der Waals surface area (Å²) in [5, 5.41) is 3.47. The maximum absolute atomic E-state index is 3.47. The molecule has 0 atom stereocenters. The predicted octanol–water partition coefficient (Wildman–Crippen LogP) is 5.57. The molecule has 0 radical (unpaired) electrons. The molecule has 140 valence electrons. The quantitative estimate of drug-likeness (QED) is 0.536. The Kier molecular flexibility index (Phi) is 5.65.